The molecule has 0 amide bonds. The first kappa shape index (κ1) is 16.7. The number of nitrogens with zero attached hydrogens (tertiary/aromatic N) is 1. The smallest absolute Gasteiger partial charge is 0.243 e. The van der Waals surface area contributed by atoms with Gasteiger partial charge < -0.3 is 9.47 Å². The molecule has 0 saturated carbocycles. The zero-order valence-electron chi connectivity index (χ0n) is 13.2. The quantitative estimate of drug-likeness (QED) is 0.831. The van der Waals surface area contributed by atoms with Gasteiger partial charge in [-0.2, -0.15) is 4.31 Å². The maximum Gasteiger partial charge on any atom is 0.243 e. The van der Waals surface area contributed by atoms with Crippen LogP contribution in [-0.2, 0) is 10.0 Å². The zero-order valence-corrected chi connectivity index (χ0v) is 14.0. The van der Waals surface area contributed by atoms with E-state index < -0.39 is 21.9 Å². The predicted octanol–water partition coefficient (Wildman–Crippen LogP) is 2.68. The van der Waals surface area contributed by atoms with Crippen LogP contribution in [0.2, 0.25) is 0 Å². The van der Waals surface area contributed by atoms with Crippen molar-refractivity contribution in [1.29, 1.82) is 0 Å². The number of likely N-dealkylation sites (N-methyl/N-ethyl adjacent to an activating group) is 1. The molecule has 7 heteroatoms. The van der Waals surface area contributed by atoms with Crippen molar-refractivity contribution in [3.05, 3.63) is 54.3 Å². The number of fused-ring (bicyclic) bond motifs is 1. The highest BCUT2D eigenvalue weighted by atomic mass is 32.2. The fraction of sp³-hybridized carbons (Fsp3) is 0.294. The van der Waals surface area contributed by atoms with Crippen LogP contribution >= 0.6 is 0 Å². The number of para-hydroxylation sites is 2. The van der Waals surface area contributed by atoms with Crippen molar-refractivity contribution < 1.29 is 22.3 Å². The third kappa shape index (κ3) is 3.37. The van der Waals surface area contributed by atoms with Crippen LogP contribution in [0.25, 0.3) is 0 Å². The Bertz CT molecular complexity index is 825. The minimum absolute atomic E-state index is 0.0681. The van der Waals surface area contributed by atoms with Gasteiger partial charge in [0.2, 0.25) is 10.0 Å². The van der Waals surface area contributed by atoms with Gasteiger partial charge in [-0.1, -0.05) is 25.1 Å². The van der Waals surface area contributed by atoms with Gasteiger partial charge in [0.25, 0.3) is 0 Å². The van der Waals surface area contributed by atoms with E-state index in [-0.39, 0.29) is 24.6 Å². The molecule has 24 heavy (non-hydrogen) atoms. The summed E-state index contributed by atoms with van der Waals surface area (Å²) in [7, 11) is -3.79. The first-order valence-corrected chi connectivity index (χ1v) is 9.09. The Morgan fingerprint density at radius 1 is 1.17 bits per heavy atom. The van der Waals surface area contributed by atoms with Gasteiger partial charge in [0.15, 0.2) is 11.5 Å². The van der Waals surface area contributed by atoms with Crippen LogP contribution < -0.4 is 9.47 Å². The Kier molecular flexibility index (Phi) is 4.73. The molecule has 0 radical (unpaired) electrons. The molecule has 3 rings (SSSR count). The lowest BCUT2D eigenvalue weighted by Crippen LogP contribution is -2.43. The summed E-state index contributed by atoms with van der Waals surface area (Å²) in [6, 6.07) is 12.2. The van der Waals surface area contributed by atoms with Crippen molar-refractivity contribution in [1.82, 2.24) is 4.31 Å². The molecule has 0 aliphatic carbocycles. The summed E-state index contributed by atoms with van der Waals surface area (Å²) in [4.78, 5) is -0.0681. The summed E-state index contributed by atoms with van der Waals surface area (Å²) >= 11 is 0. The van der Waals surface area contributed by atoms with Crippen LogP contribution in [0.5, 0.6) is 11.5 Å². The Balaban J connectivity index is 1.78. The molecule has 2 aromatic rings. The van der Waals surface area contributed by atoms with Gasteiger partial charge in [-0.3, -0.25) is 0 Å². The number of ether oxygens (including phenoxy) is 2. The average molecular weight is 351 g/mol. The first-order valence-electron chi connectivity index (χ1n) is 7.65. The highest BCUT2D eigenvalue weighted by molar-refractivity contribution is 7.89. The van der Waals surface area contributed by atoms with Crippen LogP contribution in [0.15, 0.2) is 53.4 Å². The lowest BCUT2D eigenvalue weighted by molar-refractivity contribution is 0.0771. The molecular formula is C17H18FNO4S. The molecule has 128 valence electrons. The van der Waals surface area contributed by atoms with E-state index in [0.29, 0.717) is 11.5 Å². The van der Waals surface area contributed by atoms with Crippen molar-refractivity contribution in [2.75, 3.05) is 19.7 Å². The van der Waals surface area contributed by atoms with E-state index in [1.54, 1.807) is 19.1 Å². The molecule has 1 atom stereocenters. The van der Waals surface area contributed by atoms with Gasteiger partial charge in [0.05, 0.1) is 11.4 Å². The summed E-state index contributed by atoms with van der Waals surface area (Å²) in [5, 5.41) is 0. The molecule has 1 aliphatic heterocycles. The number of sulfonamides is 1. The maximum atomic E-state index is 13.4. The predicted molar refractivity (Wildman–Crippen MR) is 87.2 cm³/mol. The van der Waals surface area contributed by atoms with E-state index in [1.807, 2.05) is 12.1 Å². The second-order valence-corrected chi connectivity index (χ2v) is 7.35. The van der Waals surface area contributed by atoms with Crippen molar-refractivity contribution in [3.63, 3.8) is 0 Å². The molecular weight excluding hydrogens is 333 g/mol. The molecule has 1 heterocycles. The number of benzene rings is 2. The third-order valence-electron chi connectivity index (χ3n) is 3.76. The van der Waals surface area contributed by atoms with Crippen molar-refractivity contribution >= 4 is 10.0 Å². The second-order valence-electron chi connectivity index (χ2n) is 5.41. The Morgan fingerprint density at radius 3 is 2.62 bits per heavy atom. The Morgan fingerprint density at radius 2 is 1.92 bits per heavy atom. The van der Waals surface area contributed by atoms with Gasteiger partial charge in [-0.25, -0.2) is 12.8 Å². The van der Waals surface area contributed by atoms with Crippen LogP contribution in [0.4, 0.5) is 4.39 Å². The third-order valence-corrected chi connectivity index (χ3v) is 5.70. The molecule has 0 N–H and O–H groups in total. The number of halogens is 1. The fourth-order valence-electron chi connectivity index (χ4n) is 2.55. The minimum Gasteiger partial charge on any atom is -0.486 e. The lowest BCUT2D eigenvalue weighted by Gasteiger charge is -2.30. The molecule has 0 fully saturated rings. The molecule has 2 aromatic carbocycles. The molecule has 0 bridgehead atoms. The molecule has 1 aliphatic rings. The Labute approximate surface area is 140 Å². The van der Waals surface area contributed by atoms with E-state index in [0.717, 1.165) is 6.07 Å². The fourth-order valence-corrected chi connectivity index (χ4v) is 4.07. The summed E-state index contributed by atoms with van der Waals surface area (Å²) in [6.07, 6.45) is -0.428. The van der Waals surface area contributed by atoms with Crippen molar-refractivity contribution in [2.45, 2.75) is 17.9 Å². The average Bonchev–Trinajstić information content (AvgIpc) is 2.59. The number of hydrogen-bond donors (Lipinski definition) is 0. The monoisotopic (exact) mass is 351 g/mol. The van der Waals surface area contributed by atoms with Gasteiger partial charge >= 0.3 is 0 Å². The van der Waals surface area contributed by atoms with Gasteiger partial charge in [0, 0.05) is 6.54 Å². The molecule has 0 aromatic heterocycles. The molecule has 0 spiro atoms. The standard InChI is InChI=1S/C17H18FNO4S/c1-2-19(24(20,21)15-7-5-6-13(18)10-15)11-14-12-22-16-8-3-4-9-17(16)23-14/h3-10,14H,2,11-12H2,1H3/t14-/m1/s1. The number of hydrogen-bond acceptors (Lipinski definition) is 4. The maximum absolute atomic E-state index is 13.4. The first-order chi connectivity index (χ1) is 11.5. The van der Waals surface area contributed by atoms with Crippen LogP contribution in [0, 0.1) is 5.82 Å². The molecule has 0 saturated heterocycles. The topological polar surface area (TPSA) is 55.8 Å². The lowest BCUT2D eigenvalue weighted by atomic mass is 10.2. The van der Waals surface area contributed by atoms with Crippen LogP contribution in [0.1, 0.15) is 6.92 Å². The van der Waals surface area contributed by atoms with Crippen LogP contribution in [-0.4, -0.2) is 38.5 Å². The van der Waals surface area contributed by atoms with E-state index in [9.17, 15) is 12.8 Å². The van der Waals surface area contributed by atoms with Crippen molar-refractivity contribution in [3.8, 4) is 11.5 Å². The van der Waals surface area contributed by atoms with E-state index in [2.05, 4.69) is 0 Å². The van der Waals surface area contributed by atoms with E-state index >= 15 is 0 Å². The second kappa shape index (κ2) is 6.78. The van der Waals surface area contributed by atoms with E-state index in [4.69, 9.17) is 9.47 Å². The molecule has 0 unspecified atom stereocenters. The zero-order chi connectivity index (χ0) is 17.2. The number of rotatable bonds is 5. The summed E-state index contributed by atoms with van der Waals surface area (Å²) in [5.74, 6) is 0.649. The normalized spacial score (nSPS) is 17.0. The minimum atomic E-state index is -3.79. The highest BCUT2D eigenvalue weighted by Crippen LogP contribution is 2.31. The summed E-state index contributed by atoms with van der Waals surface area (Å²) in [6.45, 7) is 2.37. The van der Waals surface area contributed by atoms with Crippen LogP contribution in [0.3, 0.4) is 0 Å². The van der Waals surface area contributed by atoms with Gasteiger partial charge in [-0.15, -0.1) is 0 Å². The summed E-state index contributed by atoms with van der Waals surface area (Å²) < 4.78 is 51.5. The highest BCUT2D eigenvalue weighted by Gasteiger charge is 2.29. The SMILES string of the molecule is CCN(C[C@@H]1COc2ccccc2O1)S(=O)(=O)c1cccc(F)c1. The summed E-state index contributed by atoms with van der Waals surface area (Å²) in [5.41, 5.74) is 0. The van der Waals surface area contributed by atoms with Gasteiger partial charge in [0.1, 0.15) is 18.5 Å². The van der Waals surface area contributed by atoms with Gasteiger partial charge in [-0.05, 0) is 30.3 Å². The molecule has 5 nitrogen and oxygen atoms in total. The van der Waals surface area contributed by atoms with Crippen molar-refractivity contribution in [2.24, 2.45) is 0 Å². The Hall–Kier alpha value is -2.12. The largest absolute Gasteiger partial charge is 0.486 e. The van der Waals surface area contributed by atoms with E-state index in [1.165, 1.54) is 22.5 Å².